The largest absolute Gasteiger partial charge is 0.497 e. The van der Waals surface area contributed by atoms with Crippen molar-refractivity contribution in [2.45, 2.75) is 17.9 Å². The fourth-order valence-corrected chi connectivity index (χ4v) is 3.14. The molecule has 0 radical (unpaired) electrons. The first-order valence-electron chi connectivity index (χ1n) is 6.63. The summed E-state index contributed by atoms with van der Waals surface area (Å²) in [5.74, 6) is 6.98. The first-order valence-corrected chi connectivity index (χ1v) is 7.61. The van der Waals surface area contributed by atoms with Crippen molar-refractivity contribution in [3.8, 4) is 5.75 Å². The van der Waals surface area contributed by atoms with E-state index >= 15 is 0 Å². The third kappa shape index (κ3) is 4.20. The summed E-state index contributed by atoms with van der Waals surface area (Å²) in [7, 11) is 1.65. The minimum absolute atomic E-state index is 0.0100. The molecule has 0 aliphatic heterocycles. The van der Waals surface area contributed by atoms with Gasteiger partial charge in [0.1, 0.15) is 11.6 Å². The molecule has 0 aliphatic rings. The number of rotatable bonds is 6. The molecule has 0 saturated heterocycles. The van der Waals surface area contributed by atoms with Crippen LogP contribution in [0.25, 0.3) is 0 Å². The van der Waals surface area contributed by atoms with Crippen molar-refractivity contribution in [1.82, 2.24) is 5.43 Å². The summed E-state index contributed by atoms with van der Waals surface area (Å²) in [6.07, 6.45) is 0. The van der Waals surface area contributed by atoms with Crippen LogP contribution in [0.5, 0.6) is 5.75 Å². The number of ether oxygens (including phenoxy) is 1. The first-order chi connectivity index (χ1) is 10.1. The highest BCUT2D eigenvalue weighted by molar-refractivity contribution is 7.99. The maximum absolute atomic E-state index is 13.2. The number of nitrogens with one attached hydrogen (secondary N) is 1. The highest BCUT2D eigenvalue weighted by atomic mass is 32.2. The van der Waals surface area contributed by atoms with Crippen molar-refractivity contribution < 1.29 is 9.13 Å². The van der Waals surface area contributed by atoms with Gasteiger partial charge in [0.15, 0.2) is 0 Å². The lowest BCUT2D eigenvalue weighted by Crippen LogP contribution is -2.30. The van der Waals surface area contributed by atoms with Gasteiger partial charge >= 0.3 is 0 Å². The summed E-state index contributed by atoms with van der Waals surface area (Å²) in [5.41, 5.74) is 5.05. The van der Waals surface area contributed by atoms with E-state index in [-0.39, 0.29) is 11.9 Å². The molecule has 3 nitrogen and oxygen atoms in total. The van der Waals surface area contributed by atoms with Crippen molar-refractivity contribution in [3.05, 3.63) is 59.4 Å². The summed E-state index contributed by atoms with van der Waals surface area (Å²) < 4.78 is 18.4. The lowest BCUT2D eigenvalue weighted by atomic mass is 10.0. The van der Waals surface area contributed by atoms with Crippen molar-refractivity contribution in [3.63, 3.8) is 0 Å². The zero-order valence-electron chi connectivity index (χ0n) is 12.1. The van der Waals surface area contributed by atoms with E-state index in [2.05, 4.69) is 5.43 Å². The quantitative estimate of drug-likeness (QED) is 0.487. The maximum Gasteiger partial charge on any atom is 0.124 e. The Bertz CT molecular complexity index is 607. The predicted molar refractivity (Wildman–Crippen MR) is 84.9 cm³/mol. The Morgan fingerprint density at radius 3 is 2.71 bits per heavy atom. The standard InChI is InChI=1S/C16H19FN2OS/c1-11-8-13(20-2)6-7-15(11)16(19-18)10-21-14-5-3-4-12(17)9-14/h3-9,16,19H,10,18H2,1-2H3. The Morgan fingerprint density at radius 1 is 1.29 bits per heavy atom. The van der Waals surface area contributed by atoms with Crippen molar-refractivity contribution in [2.75, 3.05) is 12.9 Å². The van der Waals surface area contributed by atoms with Crippen LogP contribution in [0.3, 0.4) is 0 Å². The second kappa shape index (κ2) is 7.45. The van der Waals surface area contributed by atoms with Crippen LogP contribution in [0.4, 0.5) is 4.39 Å². The van der Waals surface area contributed by atoms with E-state index in [0.29, 0.717) is 5.75 Å². The average Bonchev–Trinajstić information content (AvgIpc) is 2.49. The molecule has 0 aliphatic carbocycles. The second-order valence-electron chi connectivity index (χ2n) is 4.71. The number of thioether (sulfide) groups is 1. The molecule has 2 aromatic carbocycles. The molecule has 2 aromatic rings. The molecule has 0 heterocycles. The molecule has 0 saturated carbocycles. The van der Waals surface area contributed by atoms with Gasteiger partial charge in [0, 0.05) is 10.6 Å². The third-order valence-electron chi connectivity index (χ3n) is 3.27. The second-order valence-corrected chi connectivity index (χ2v) is 5.80. The topological polar surface area (TPSA) is 47.3 Å². The number of aryl methyl sites for hydroxylation is 1. The van der Waals surface area contributed by atoms with Gasteiger partial charge in [0.05, 0.1) is 13.2 Å². The fourth-order valence-electron chi connectivity index (χ4n) is 2.13. The minimum Gasteiger partial charge on any atom is -0.497 e. The minimum atomic E-state index is -0.224. The lowest BCUT2D eigenvalue weighted by molar-refractivity contribution is 0.414. The molecule has 5 heteroatoms. The van der Waals surface area contributed by atoms with Crippen LogP contribution in [0.15, 0.2) is 47.4 Å². The van der Waals surface area contributed by atoms with Gasteiger partial charge in [-0.15, -0.1) is 11.8 Å². The van der Waals surface area contributed by atoms with Crippen LogP contribution < -0.4 is 16.0 Å². The maximum atomic E-state index is 13.2. The van der Waals surface area contributed by atoms with Crippen LogP contribution >= 0.6 is 11.8 Å². The van der Waals surface area contributed by atoms with Gasteiger partial charge in [-0.1, -0.05) is 12.1 Å². The van der Waals surface area contributed by atoms with Gasteiger partial charge in [-0.05, 0) is 48.4 Å². The zero-order chi connectivity index (χ0) is 15.2. The van der Waals surface area contributed by atoms with Crippen LogP contribution in [0.2, 0.25) is 0 Å². The summed E-state index contributed by atoms with van der Waals surface area (Å²) in [6.45, 7) is 2.02. The number of halogens is 1. The van der Waals surface area contributed by atoms with Crippen molar-refractivity contribution >= 4 is 11.8 Å². The molecule has 0 aromatic heterocycles. The number of hydrazine groups is 1. The van der Waals surface area contributed by atoms with E-state index in [1.165, 1.54) is 12.1 Å². The van der Waals surface area contributed by atoms with Crippen molar-refractivity contribution in [2.24, 2.45) is 5.84 Å². The summed E-state index contributed by atoms with van der Waals surface area (Å²) in [6, 6.07) is 12.5. The first kappa shape index (κ1) is 15.8. The van der Waals surface area contributed by atoms with E-state index < -0.39 is 0 Å². The van der Waals surface area contributed by atoms with Gasteiger partial charge in [0.2, 0.25) is 0 Å². The summed E-state index contributed by atoms with van der Waals surface area (Å²) in [5, 5.41) is 0. The fraction of sp³-hybridized carbons (Fsp3) is 0.250. The SMILES string of the molecule is COc1ccc(C(CSc2cccc(F)c2)NN)c(C)c1. The Hall–Kier alpha value is -1.56. The highest BCUT2D eigenvalue weighted by Gasteiger charge is 2.13. The Labute approximate surface area is 128 Å². The van der Waals surface area contributed by atoms with E-state index in [4.69, 9.17) is 10.6 Å². The van der Waals surface area contributed by atoms with Crippen LogP contribution in [0, 0.1) is 12.7 Å². The molecule has 2 rings (SSSR count). The van der Waals surface area contributed by atoms with E-state index in [1.807, 2.05) is 31.2 Å². The molecule has 0 bridgehead atoms. The molecule has 21 heavy (non-hydrogen) atoms. The van der Waals surface area contributed by atoms with Crippen LogP contribution in [-0.2, 0) is 0 Å². The summed E-state index contributed by atoms with van der Waals surface area (Å²) >= 11 is 1.57. The highest BCUT2D eigenvalue weighted by Crippen LogP contribution is 2.28. The van der Waals surface area contributed by atoms with Crippen LogP contribution in [-0.4, -0.2) is 12.9 Å². The molecule has 0 spiro atoms. The lowest BCUT2D eigenvalue weighted by Gasteiger charge is -2.19. The zero-order valence-corrected chi connectivity index (χ0v) is 12.9. The number of hydrogen-bond acceptors (Lipinski definition) is 4. The van der Waals surface area contributed by atoms with E-state index in [9.17, 15) is 4.39 Å². The predicted octanol–water partition coefficient (Wildman–Crippen LogP) is 3.44. The third-order valence-corrected chi connectivity index (χ3v) is 4.35. The number of nitrogens with two attached hydrogens (primary N) is 1. The number of methoxy groups -OCH3 is 1. The molecule has 1 atom stereocenters. The van der Waals surface area contributed by atoms with Gasteiger partial charge in [-0.25, -0.2) is 4.39 Å². The number of hydrogen-bond donors (Lipinski definition) is 2. The van der Waals surface area contributed by atoms with Crippen molar-refractivity contribution in [1.29, 1.82) is 0 Å². The van der Waals surface area contributed by atoms with Gasteiger partial charge in [-0.3, -0.25) is 11.3 Å². The van der Waals surface area contributed by atoms with Crippen LogP contribution in [0.1, 0.15) is 17.2 Å². The molecular formula is C16H19FN2OS. The molecule has 112 valence electrons. The molecule has 0 fully saturated rings. The normalized spacial score (nSPS) is 12.2. The summed E-state index contributed by atoms with van der Waals surface area (Å²) in [4.78, 5) is 0.890. The molecular weight excluding hydrogens is 287 g/mol. The smallest absolute Gasteiger partial charge is 0.124 e. The molecule has 0 amide bonds. The number of benzene rings is 2. The Kier molecular flexibility index (Phi) is 5.61. The van der Waals surface area contributed by atoms with Gasteiger partial charge in [0.25, 0.3) is 0 Å². The molecule has 1 unspecified atom stereocenters. The average molecular weight is 306 g/mol. The molecule has 3 N–H and O–H groups in total. The van der Waals surface area contributed by atoms with Gasteiger partial charge < -0.3 is 4.74 Å². The van der Waals surface area contributed by atoms with E-state index in [1.54, 1.807) is 24.9 Å². The van der Waals surface area contributed by atoms with Gasteiger partial charge in [-0.2, -0.15) is 0 Å². The monoisotopic (exact) mass is 306 g/mol. The Morgan fingerprint density at radius 2 is 2.10 bits per heavy atom. The van der Waals surface area contributed by atoms with E-state index in [0.717, 1.165) is 21.8 Å². The Balaban J connectivity index is 2.09.